The minimum atomic E-state index is -3.75. The van der Waals surface area contributed by atoms with Crippen molar-refractivity contribution in [1.82, 2.24) is 4.72 Å². The molecule has 1 amide bonds. The van der Waals surface area contributed by atoms with Crippen LogP contribution < -0.4 is 14.8 Å². The lowest BCUT2D eigenvalue weighted by Crippen LogP contribution is -2.27. The van der Waals surface area contributed by atoms with E-state index in [4.69, 9.17) is 9.47 Å². The number of halogens is 1. The number of carbonyl (C=O) groups is 1. The SMILES string of the molecule is COCCNS(=O)(=O)c1ccc(Br)c(C(=O)Nc2cccc(OC3CCCC3)c2)c1. The number of rotatable bonds is 9. The number of sulfonamides is 1. The van der Waals surface area contributed by atoms with Gasteiger partial charge in [-0.05, 0) is 71.9 Å². The summed E-state index contributed by atoms with van der Waals surface area (Å²) in [5.74, 6) is 0.284. The number of anilines is 1. The van der Waals surface area contributed by atoms with E-state index < -0.39 is 15.9 Å². The van der Waals surface area contributed by atoms with E-state index in [0.717, 1.165) is 12.8 Å². The highest BCUT2D eigenvalue weighted by Gasteiger charge is 2.19. The lowest BCUT2D eigenvalue weighted by atomic mass is 10.2. The molecule has 9 heteroatoms. The fraction of sp³-hybridized carbons (Fsp3) is 0.381. The Morgan fingerprint density at radius 2 is 1.93 bits per heavy atom. The van der Waals surface area contributed by atoms with Crippen LogP contribution in [0.3, 0.4) is 0 Å². The Morgan fingerprint density at radius 1 is 1.17 bits per heavy atom. The van der Waals surface area contributed by atoms with Crippen molar-refractivity contribution >= 4 is 37.5 Å². The molecule has 0 radical (unpaired) electrons. The normalized spacial score (nSPS) is 14.6. The van der Waals surface area contributed by atoms with Crippen LogP contribution in [0.2, 0.25) is 0 Å². The molecule has 0 unspecified atom stereocenters. The molecule has 0 heterocycles. The van der Waals surface area contributed by atoms with Gasteiger partial charge in [0.2, 0.25) is 10.0 Å². The topological polar surface area (TPSA) is 93.7 Å². The Morgan fingerprint density at radius 3 is 2.67 bits per heavy atom. The molecule has 0 atom stereocenters. The van der Waals surface area contributed by atoms with Crippen LogP contribution in [0.5, 0.6) is 5.75 Å². The zero-order chi connectivity index (χ0) is 21.6. The van der Waals surface area contributed by atoms with E-state index in [1.165, 1.54) is 32.1 Å². The Bertz CT molecular complexity index is 991. The summed E-state index contributed by atoms with van der Waals surface area (Å²) >= 11 is 3.33. The van der Waals surface area contributed by atoms with Gasteiger partial charge in [-0.25, -0.2) is 13.1 Å². The van der Waals surface area contributed by atoms with E-state index in [-0.39, 0.29) is 29.7 Å². The second-order valence-corrected chi connectivity index (χ2v) is 9.66. The van der Waals surface area contributed by atoms with Gasteiger partial charge in [0.1, 0.15) is 5.75 Å². The molecule has 2 aromatic rings. The van der Waals surface area contributed by atoms with Gasteiger partial charge in [-0.3, -0.25) is 4.79 Å². The lowest BCUT2D eigenvalue weighted by molar-refractivity contribution is 0.102. The monoisotopic (exact) mass is 496 g/mol. The smallest absolute Gasteiger partial charge is 0.256 e. The lowest BCUT2D eigenvalue weighted by Gasteiger charge is -2.14. The summed E-state index contributed by atoms with van der Waals surface area (Å²) in [6.45, 7) is 0.395. The first-order chi connectivity index (χ1) is 14.4. The van der Waals surface area contributed by atoms with Crippen molar-refractivity contribution in [1.29, 1.82) is 0 Å². The van der Waals surface area contributed by atoms with Gasteiger partial charge in [-0.1, -0.05) is 6.07 Å². The molecular weight excluding hydrogens is 472 g/mol. The third kappa shape index (κ3) is 6.04. The molecule has 7 nitrogen and oxygen atoms in total. The van der Waals surface area contributed by atoms with Gasteiger partial charge in [-0.15, -0.1) is 0 Å². The first kappa shape index (κ1) is 22.7. The van der Waals surface area contributed by atoms with Gasteiger partial charge in [0.25, 0.3) is 5.91 Å². The molecule has 1 aliphatic carbocycles. The molecule has 30 heavy (non-hydrogen) atoms. The molecule has 0 aromatic heterocycles. The molecule has 0 aliphatic heterocycles. The molecule has 0 bridgehead atoms. The minimum Gasteiger partial charge on any atom is -0.490 e. The van der Waals surface area contributed by atoms with Crippen LogP contribution in [-0.4, -0.2) is 40.7 Å². The van der Waals surface area contributed by atoms with Crippen LogP contribution >= 0.6 is 15.9 Å². The summed E-state index contributed by atoms with van der Waals surface area (Å²) in [5, 5.41) is 2.81. The minimum absolute atomic E-state index is 0.00488. The second-order valence-electron chi connectivity index (χ2n) is 7.04. The summed E-state index contributed by atoms with van der Waals surface area (Å²) in [7, 11) is -2.26. The van der Waals surface area contributed by atoms with Crippen LogP contribution in [-0.2, 0) is 14.8 Å². The van der Waals surface area contributed by atoms with Gasteiger partial charge in [0.05, 0.1) is 23.2 Å². The maximum atomic E-state index is 12.8. The third-order valence-electron chi connectivity index (χ3n) is 4.79. The Kier molecular flexibility index (Phi) is 7.87. The molecular formula is C21H25BrN2O5S. The van der Waals surface area contributed by atoms with Crippen molar-refractivity contribution in [2.75, 3.05) is 25.6 Å². The van der Waals surface area contributed by atoms with Gasteiger partial charge in [0.15, 0.2) is 0 Å². The molecule has 0 spiro atoms. The summed E-state index contributed by atoms with van der Waals surface area (Å²) in [4.78, 5) is 12.8. The van der Waals surface area contributed by atoms with Crippen LogP contribution in [0.4, 0.5) is 5.69 Å². The van der Waals surface area contributed by atoms with E-state index in [2.05, 4.69) is 26.0 Å². The largest absolute Gasteiger partial charge is 0.490 e. The number of methoxy groups -OCH3 is 1. The number of benzene rings is 2. The number of hydrogen-bond donors (Lipinski definition) is 2. The predicted octanol–water partition coefficient (Wildman–Crippen LogP) is 3.95. The Labute approximate surface area is 185 Å². The first-order valence-electron chi connectivity index (χ1n) is 9.75. The van der Waals surface area contributed by atoms with Gasteiger partial charge < -0.3 is 14.8 Å². The van der Waals surface area contributed by atoms with E-state index in [0.29, 0.717) is 15.9 Å². The van der Waals surface area contributed by atoms with Crippen LogP contribution in [0, 0.1) is 0 Å². The van der Waals surface area contributed by atoms with Crippen molar-refractivity contribution in [2.24, 2.45) is 0 Å². The molecule has 1 aliphatic rings. The zero-order valence-corrected chi connectivity index (χ0v) is 19.1. The Hall–Kier alpha value is -1.94. The summed E-state index contributed by atoms with van der Waals surface area (Å²) in [6, 6.07) is 11.5. The van der Waals surface area contributed by atoms with Crippen molar-refractivity contribution in [3.05, 3.63) is 52.5 Å². The van der Waals surface area contributed by atoms with Crippen LogP contribution in [0.15, 0.2) is 51.8 Å². The number of ether oxygens (including phenoxy) is 2. The maximum Gasteiger partial charge on any atom is 0.256 e. The van der Waals surface area contributed by atoms with Gasteiger partial charge in [-0.2, -0.15) is 0 Å². The standard InChI is InChI=1S/C21H25BrN2O5S/c1-28-12-11-23-30(26,27)18-9-10-20(22)19(14-18)21(25)24-15-5-4-8-17(13-15)29-16-6-2-3-7-16/h4-5,8-10,13-14,16,23H,2-3,6-7,11-12H2,1H3,(H,24,25). The Balaban J connectivity index is 1.73. The van der Waals surface area contributed by atoms with Gasteiger partial charge >= 0.3 is 0 Å². The second kappa shape index (κ2) is 10.4. The summed E-state index contributed by atoms with van der Waals surface area (Å²) in [5.41, 5.74) is 0.792. The molecule has 3 rings (SSSR count). The van der Waals surface area contributed by atoms with E-state index in [1.807, 2.05) is 12.1 Å². The fourth-order valence-electron chi connectivity index (χ4n) is 3.25. The zero-order valence-electron chi connectivity index (χ0n) is 16.7. The van der Waals surface area contributed by atoms with Crippen LogP contribution in [0.1, 0.15) is 36.0 Å². The average Bonchev–Trinajstić information content (AvgIpc) is 3.21. The predicted molar refractivity (Wildman–Crippen MR) is 118 cm³/mol. The number of nitrogens with one attached hydrogen (secondary N) is 2. The summed E-state index contributed by atoms with van der Waals surface area (Å²) in [6.07, 6.45) is 4.66. The van der Waals surface area contributed by atoms with Crippen LogP contribution in [0.25, 0.3) is 0 Å². The molecule has 2 aromatic carbocycles. The van der Waals surface area contributed by atoms with Crippen molar-refractivity contribution < 1.29 is 22.7 Å². The highest BCUT2D eigenvalue weighted by atomic mass is 79.9. The van der Waals surface area contributed by atoms with Gasteiger partial charge in [0, 0.05) is 29.9 Å². The first-order valence-corrected chi connectivity index (χ1v) is 12.0. The van der Waals surface area contributed by atoms with E-state index >= 15 is 0 Å². The quantitative estimate of drug-likeness (QED) is 0.512. The highest BCUT2D eigenvalue weighted by molar-refractivity contribution is 9.10. The summed E-state index contributed by atoms with van der Waals surface area (Å²) < 4.78 is 38.6. The highest BCUT2D eigenvalue weighted by Crippen LogP contribution is 2.27. The number of carbonyl (C=O) groups excluding carboxylic acids is 1. The maximum absolute atomic E-state index is 12.8. The molecule has 1 saturated carbocycles. The van der Waals surface area contributed by atoms with Crippen molar-refractivity contribution in [2.45, 2.75) is 36.7 Å². The van der Waals surface area contributed by atoms with Crippen molar-refractivity contribution in [3.63, 3.8) is 0 Å². The van der Waals surface area contributed by atoms with E-state index in [1.54, 1.807) is 18.2 Å². The molecule has 1 fully saturated rings. The third-order valence-corrected chi connectivity index (χ3v) is 6.94. The number of hydrogen-bond acceptors (Lipinski definition) is 5. The van der Waals surface area contributed by atoms with Crippen molar-refractivity contribution in [3.8, 4) is 5.75 Å². The molecule has 2 N–H and O–H groups in total. The molecule has 162 valence electrons. The number of amides is 1. The fourth-order valence-corrected chi connectivity index (χ4v) is 4.72. The van der Waals surface area contributed by atoms with E-state index in [9.17, 15) is 13.2 Å². The average molecular weight is 497 g/mol. The molecule has 0 saturated heterocycles.